The number of carbonyl (C=O) groups excluding carboxylic acids is 4. The third kappa shape index (κ3) is 10.1. The number of carbonyl (C=O) groups is 5. The standard InChI is InChI=1S/C24H24N4O4.C23H23ClN4O4.CH2O2/c25-11-17-3-1-2-16-8-15(9-20(16)17)12-26-7-6-19-13-28(24(30)32-19)18-4-5-22-21(10-18)27-23(29)14-31-22;24-17-3-1-2-12-6-15(9-16(12)17)25-14-7-13(8-14)19-10-28(23(30)32-19)20-5-4-18-22(26-20)27-21(29)11-31-18;2-1-3/h1-5,10,15,19,26H,6-9,12-14H2,(H,27,29);1-5,13-15,19,25H,6-11H2,(H,26,27,29);1H,(H,2,3). The van der Waals surface area contributed by atoms with Gasteiger partial charge < -0.3 is 45.3 Å². The number of nitriles is 1. The van der Waals surface area contributed by atoms with Gasteiger partial charge in [0.2, 0.25) is 0 Å². The van der Waals surface area contributed by atoms with Gasteiger partial charge >= 0.3 is 12.2 Å². The largest absolute Gasteiger partial charge is 0.483 e. The predicted molar refractivity (Wildman–Crippen MR) is 245 cm³/mol. The summed E-state index contributed by atoms with van der Waals surface area (Å²) in [7, 11) is 0. The molecule has 2 saturated heterocycles. The molecule has 3 aromatic carbocycles. The summed E-state index contributed by atoms with van der Waals surface area (Å²) < 4.78 is 21.9. The SMILES string of the molecule is N#Cc1cccc2c1CC(CNCCC1CN(c3ccc4c(c3)NC(=O)CO4)C(=O)O1)C2.O=C1COc2ccc(N3CC(C4CC(NC5Cc6cccc(Cl)c6C5)C4)OC3=O)nc2N1.O=CO. The van der Waals surface area contributed by atoms with Gasteiger partial charge in [0.1, 0.15) is 23.8 Å². The van der Waals surface area contributed by atoms with Crippen LogP contribution in [0.25, 0.3) is 0 Å². The molecular weight excluding hydrogens is 884 g/mol. The number of amides is 4. The maximum Gasteiger partial charge on any atom is 0.415 e. The quantitative estimate of drug-likeness (QED) is 0.101. The van der Waals surface area contributed by atoms with Crippen LogP contribution in [0.2, 0.25) is 5.02 Å². The first-order chi connectivity index (χ1) is 32.5. The summed E-state index contributed by atoms with van der Waals surface area (Å²) in [6, 6.07) is 23.9. The number of halogens is 1. The molecule has 19 heteroatoms. The number of ether oxygens (including phenoxy) is 4. The van der Waals surface area contributed by atoms with Crippen molar-refractivity contribution in [2.75, 3.05) is 59.8 Å². The first kappa shape index (κ1) is 45.2. The monoisotopic (exact) mass is 932 g/mol. The van der Waals surface area contributed by atoms with Crippen LogP contribution in [0.5, 0.6) is 11.5 Å². The minimum Gasteiger partial charge on any atom is -0.483 e. The van der Waals surface area contributed by atoms with E-state index in [2.05, 4.69) is 44.5 Å². The van der Waals surface area contributed by atoms with E-state index in [4.69, 9.17) is 40.4 Å². The number of aromatic nitrogens is 1. The average molecular weight is 933 g/mol. The Hall–Kier alpha value is -6.94. The van der Waals surface area contributed by atoms with E-state index in [9.17, 15) is 24.4 Å². The third-order valence-electron chi connectivity index (χ3n) is 13.1. The molecule has 4 atom stereocenters. The molecule has 348 valence electrons. The Balaban J connectivity index is 0.000000159. The number of fused-ring (bicyclic) bond motifs is 4. The summed E-state index contributed by atoms with van der Waals surface area (Å²) >= 11 is 6.34. The fraction of sp³-hybridized carbons (Fsp3) is 0.396. The highest BCUT2D eigenvalue weighted by Crippen LogP contribution is 2.39. The van der Waals surface area contributed by atoms with E-state index in [1.807, 2.05) is 24.3 Å². The van der Waals surface area contributed by atoms with Gasteiger partial charge in [0.15, 0.2) is 24.8 Å². The molecule has 0 bridgehead atoms. The molecule has 3 aliphatic carbocycles. The second-order valence-corrected chi connectivity index (χ2v) is 17.9. The molecule has 3 fully saturated rings. The van der Waals surface area contributed by atoms with Crippen LogP contribution < -0.4 is 40.5 Å². The summed E-state index contributed by atoms with van der Waals surface area (Å²) in [5.41, 5.74) is 7.10. The van der Waals surface area contributed by atoms with E-state index in [1.54, 1.807) is 35.2 Å². The van der Waals surface area contributed by atoms with E-state index in [1.165, 1.54) is 27.2 Å². The fourth-order valence-electron chi connectivity index (χ4n) is 9.86. The maximum atomic E-state index is 12.5. The predicted octanol–water partition coefficient (Wildman–Crippen LogP) is 5.24. The zero-order chi connectivity index (χ0) is 46.6. The van der Waals surface area contributed by atoms with Gasteiger partial charge in [-0.1, -0.05) is 35.9 Å². The lowest BCUT2D eigenvalue weighted by atomic mass is 9.76. The van der Waals surface area contributed by atoms with E-state index in [0.717, 1.165) is 68.6 Å². The number of benzene rings is 3. The molecule has 1 aromatic heterocycles. The lowest BCUT2D eigenvalue weighted by Gasteiger charge is -2.39. The molecule has 0 spiro atoms. The van der Waals surface area contributed by atoms with E-state index in [0.29, 0.717) is 71.5 Å². The fourth-order valence-corrected chi connectivity index (χ4v) is 10.1. The number of cyclic esters (lactones) is 2. The van der Waals surface area contributed by atoms with E-state index in [-0.39, 0.29) is 49.8 Å². The average Bonchev–Trinajstić information content (AvgIpc) is 4.11. The first-order valence-corrected chi connectivity index (χ1v) is 22.7. The summed E-state index contributed by atoms with van der Waals surface area (Å²) in [5.74, 6) is 2.22. The Kier molecular flexibility index (Phi) is 13.4. The third-order valence-corrected chi connectivity index (χ3v) is 13.5. The number of rotatable bonds is 10. The van der Waals surface area contributed by atoms with Crippen molar-refractivity contribution in [3.05, 3.63) is 99.6 Å². The first-order valence-electron chi connectivity index (χ1n) is 22.3. The van der Waals surface area contributed by atoms with Gasteiger partial charge in [0, 0.05) is 28.7 Å². The van der Waals surface area contributed by atoms with Crippen LogP contribution in [0.1, 0.15) is 47.1 Å². The molecule has 67 heavy (non-hydrogen) atoms. The minimum atomic E-state index is -0.400. The summed E-state index contributed by atoms with van der Waals surface area (Å²) in [6.07, 6.45) is 5.44. The Morgan fingerprint density at radius 1 is 0.836 bits per heavy atom. The lowest BCUT2D eigenvalue weighted by molar-refractivity contribution is -0.123. The minimum absolute atomic E-state index is 0.000388. The van der Waals surface area contributed by atoms with Crippen LogP contribution >= 0.6 is 11.6 Å². The summed E-state index contributed by atoms with van der Waals surface area (Å²) in [4.78, 5) is 63.8. The van der Waals surface area contributed by atoms with Crippen LogP contribution in [0.3, 0.4) is 0 Å². The zero-order valence-corrected chi connectivity index (χ0v) is 37.1. The molecule has 5 heterocycles. The number of hydrogen-bond acceptors (Lipinski definition) is 13. The van der Waals surface area contributed by atoms with Gasteiger partial charge in [-0.3, -0.25) is 24.2 Å². The number of anilines is 4. The van der Waals surface area contributed by atoms with Crippen molar-refractivity contribution < 1.29 is 48.0 Å². The number of hydrogen-bond donors (Lipinski definition) is 5. The Morgan fingerprint density at radius 2 is 1.57 bits per heavy atom. The highest BCUT2D eigenvalue weighted by Gasteiger charge is 2.44. The second-order valence-electron chi connectivity index (χ2n) is 17.5. The molecule has 1 saturated carbocycles. The Bertz CT molecular complexity index is 2620. The van der Waals surface area contributed by atoms with Gasteiger partial charge in [-0.15, -0.1) is 0 Å². The lowest BCUT2D eigenvalue weighted by Crippen LogP contribution is -2.50. The number of pyridine rings is 1. The van der Waals surface area contributed by atoms with Gasteiger partial charge in [-0.2, -0.15) is 5.26 Å². The number of carboxylic acid groups (broad SMARTS) is 1. The normalized spacial score (nSPS) is 23.9. The van der Waals surface area contributed by atoms with Gasteiger partial charge in [-0.25, -0.2) is 14.6 Å². The van der Waals surface area contributed by atoms with Gasteiger partial charge in [0.05, 0.1) is 30.4 Å². The molecule has 5 N–H and O–H groups in total. The van der Waals surface area contributed by atoms with Crippen molar-refractivity contribution in [1.82, 2.24) is 15.6 Å². The smallest absolute Gasteiger partial charge is 0.415 e. The van der Waals surface area contributed by atoms with Crippen molar-refractivity contribution in [1.29, 1.82) is 5.26 Å². The maximum absolute atomic E-state index is 12.5. The molecule has 4 unspecified atom stereocenters. The molecular formula is C48H49ClN8O10. The van der Waals surface area contributed by atoms with E-state index >= 15 is 0 Å². The summed E-state index contributed by atoms with van der Waals surface area (Å²) in [5, 5.41) is 29.7. The van der Waals surface area contributed by atoms with Crippen molar-refractivity contribution in [3.63, 3.8) is 0 Å². The zero-order valence-electron chi connectivity index (χ0n) is 36.4. The van der Waals surface area contributed by atoms with E-state index < -0.39 is 6.09 Å². The topological polar surface area (TPSA) is 234 Å². The van der Waals surface area contributed by atoms with Crippen molar-refractivity contribution in [3.8, 4) is 17.6 Å². The molecule has 4 aliphatic heterocycles. The van der Waals surface area contributed by atoms with Gasteiger partial charge in [0.25, 0.3) is 18.3 Å². The van der Waals surface area contributed by atoms with Gasteiger partial charge in [-0.05, 0) is 129 Å². The molecule has 7 aliphatic rings. The highest BCUT2D eigenvalue weighted by molar-refractivity contribution is 6.31. The van der Waals surface area contributed by atoms with Crippen LogP contribution in [0.4, 0.5) is 32.6 Å². The second kappa shape index (κ2) is 19.9. The van der Waals surface area contributed by atoms with Crippen molar-refractivity contribution in [2.24, 2.45) is 11.8 Å². The van der Waals surface area contributed by atoms with Crippen LogP contribution in [0.15, 0.2) is 66.7 Å². The van der Waals surface area contributed by atoms with Crippen molar-refractivity contribution >= 4 is 65.1 Å². The molecule has 18 nitrogen and oxygen atoms in total. The van der Waals surface area contributed by atoms with Crippen LogP contribution in [-0.2, 0) is 49.5 Å². The van der Waals surface area contributed by atoms with Crippen molar-refractivity contribution in [2.45, 2.75) is 69.2 Å². The summed E-state index contributed by atoms with van der Waals surface area (Å²) in [6.45, 7) is 2.26. The van der Waals surface area contributed by atoms with Crippen LogP contribution in [0, 0.1) is 23.2 Å². The Morgan fingerprint density at radius 3 is 2.36 bits per heavy atom. The molecule has 0 radical (unpaired) electrons. The molecule has 4 amide bonds. The number of nitrogens with zero attached hydrogens (tertiary/aromatic N) is 4. The molecule has 4 aromatic rings. The molecule has 11 rings (SSSR count). The Labute approximate surface area is 390 Å². The number of nitrogens with one attached hydrogen (secondary N) is 4. The highest BCUT2D eigenvalue weighted by atomic mass is 35.5. The van der Waals surface area contributed by atoms with Crippen LogP contribution in [-0.4, -0.2) is 104 Å².